The Bertz CT molecular complexity index is 718. The summed E-state index contributed by atoms with van der Waals surface area (Å²) in [4.78, 5) is 38.7. The van der Waals surface area contributed by atoms with Gasteiger partial charge in [-0.2, -0.15) is 0 Å². The van der Waals surface area contributed by atoms with E-state index >= 15 is 0 Å². The predicted molar refractivity (Wildman–Crippen MR) is 98.4 cm³/mol. The van der Waals surface area contributed by atoms with E-state index < -0.39 is 11.6 Å². The first kappa shape index (κ1) is 18.4. The number of carbonyl (C=O) groups excluding carboxylic acids is 3. The lowest BCUT2D eigenvalue weighted by atomic mass is 9.92. The van der Waals surface area contributed by atoms with Gasteiger partial charge in [-0.15, -0.1) is 0 Å². The number of carbonyl (C=O) groups is 3. The zero-order valence-electron chi connectivity index (χ0n) is 15.5. The third kappa shape index (κ3) is 3.32. The Kier molecular flexibility index (Phi) is 5.30. The van der Waals surface area contributed by atoms with Gasteiger partial charge in [0.25, 0.3) is 5.91 Å². The van der Waals surface area contributed by atoms with Crippen LogP contribution >= 0.6 is 0 Å². The number of aryl methyl sites for hydroxylation is 1. The van der Waals surface area contributed by atoms with Crippen LogP contribution in [0.3, 0.4) is 0 Å². The topological polar surface area (TPSA) is 78.5 Å². The first-order chi connectivity index (χ1) is 12.5. The molecule has 1 aromatic carbocycles. The fraction of sp³-hybridized carbons (Fsp3) is 0.550. The average molecular weight is 357 g/mol. The number of rotatable bonds is 7. The Hall–Kier alpha value is -2.37. The monoisotopic (exact) mass is 357 g/mol. The van der Waals surface area contributed by atoms with Crippen LogP contribution in [0.4, 0.5) is 4.79 Å². The smallest absolute Gasteiger partial charge is 0.325 e. The molecule has 1 aliphatic carbocycles. The minimum absolute atomic E-state index is 0.0379. The molecule has 6 nitrogen and oxygen atoms in total. The minimum Gasteiger partial charge on any atom is -0.352 e. The molecule has 1 aliphatic heterocycles. The maximum atomic E-state index is 13.0. The molecule has 0 saturated carbocycles. The molecule has 1 aromatic rings. The van der Waals surface area contributed by atoms with Crippen LogP contribution in [0.5, 0.6) is 0 Å². The molecular weight excluding hydrogens is 330 g/mol. The van der Waals surface area contributed by atoms with E-state index in [4.69, 9.17) is 0 Å². The summed E-state index contributed by atoms with van der Waals surface area (Å²) in [5, 5.41) is 5.74. The maximum absolute atomic E-state index is 13.0. The Morgan fingerprint density at radius 3 is 2.85 bits per heavy atom. The molecule has 4 amide bonds. The number of unbranched alkanes of at least 4 members (excludes halogenated alkanes) is 2. The summed E-state index contributed by atoms with van der Waals surface area (Å²) in [6.45, 7) is 3.86. The van der Waals surface area contributed by atoms with E-state index in [1.807, 2.05) is 31.2 Å². The molecule has 140 valence electrons. The summed E-state index contributed by atoms with van der Waals surface area (Å²) in [6, 6.07) is 7.23. The number of imide groups is 1. The van der Waals surface area contributed by atoms with Crippen LogP contribution in [-0.2, 0) is 21.5 Å². The summed E-state index contributed by atoms with van der Waals surface area (Å²) in [6.07, 6.45) is 5.51. The van der Waals surface area contributed by atoms with Gasteiger partial charge < -0.3 is 10.6 Å². The molecule has 1 heterocycles. The zero-order chi connectivity index (χ0) is 18.7. The second kappa shape index (κ2) is 7.48. The van der Waals surface area contributed by atoms with E-state index in [2.05, 4.69) is 17.6 Å². The molecule has 1 spiro atoms. The highest BCUT2D eigenvalue weighted by molar-refractivity contribution is 6.09. The van der Waals surface area contributed by atoms with Gasteiger partial charge in [0.1, 0.15) is 12.1 Å². The largest absolute Gasteiger partial charge is 0.352 e. The van der Waals surface area contributed by atoms with Gasteiger partial charge in [0.15, 0.2) is 0 Å². The molecule has 0 radical (unpaired) electrons. The van der Waals surface area contributed by atoms with Gasteiger partial charge in [0.05, 0.1) is 0 Å². The van der Waals surface area contributed by atoms with Crippen LogP contribution in [0, 0.1) is 0 Å². The van der Waals surface area contributed by atoms with Crippen molar-refractivity contribution >= 4 is 17.8 Å². The lowest BCUT2D eigenvalue weighted by Crippen LogP contribution is -2.45. The Morgan fingerprint density at radius 1 is 1.31 bits per heavy atom. The number of nitrogens with one attached hydrogen (secondary N) is 2. The molecule has 1 fully saturated rings. The van der Waals surface area contributed by atoms with Gasteiger partial charge in [0.2, 0.25) is 5.91 Å². The fourth-order valence-corrected chi connectivity index (χ4v) is 3.97. The molecule has 3 rings (SSSR count). The summed E-state index contributed by atoms with van der Waals surface area (Å²) in [7, 11) is 0. The quantitative estimate of drug-likeness (QED) is 0.581. The highest BCUT2D eigenvalue weighted by atomic mass is 16.2. The molecule has 0 aromatic heterocycles. The van der Waals surface area contributed by atoms with Crippen molar-refractivity contribution in [3.8, 4) is 0 Å². The van der Waals surface area contributed by atoms with Gasteiger partial charge >= 0.3 is 6.03 Å². The van der Waals surface area contributed by atoms with E-state index in [-0.39, 0.29) is 24.4 Å². The lowest BCUT2D eigenvalue weighted by molar-refractivity contribution is -0.135. The first-order valence-electron chi connectivity index (χ1n) is 9.50. The van der Waals surface area contributed by atoms with Crippen LogP contribution in [0.15, 0.2) is 24.3 Å². The fourth-order valence-electron chi connectivity index (χ4n) is 3.97. The highest BCUT2D eigenvalue weighted by Gasteiger charge is 2.55. The third-order valence-corrected chi connectivity index (χ3v) is 5.37. The SMILES string of the molecule is CCCCC[C@@H](C)NC(=O)CN1C(=O)N[C@]2(CCc3ccccc32)C1=O. The molecule has 26 heavy (non-hydrogen) atoms. The molecule has 2 N–H and O–H groups in total. The predicted octanol–water partition coefficient (Wildman–Crippen LogP) is 2.46. The molecular formula is C20H27N3O3. The van der Waals surface area contributed by atoms with Crippen LogP contribution in [-0.4, -0.2) is 35.3 Å². The van der Waals surface area contributed by atoms with E-state index in [0.717, 1.165) is 48.1 Å². The number of urea groups is 1. The van der Waals surface area contributed by atoms with Gasteiger partial charge in [-0.25, -0.2) is 4.79 Å². The van der Waals surface area contributed by atoms with E-state index in [1.54, 1.807) is 0 Å². The van der Waals surface area contributed by atoms with Crippen LogP contribution in [0.2, 0.25) is 0 Å². The lowest BCUT2D eigenvalue weighted by Gasteiger charge is -2.22. The van der Waals surface area contributed by atoms with E-state index in [9.17, 15) is 14.4 Å². The Labute approximate surface area is 154 Å². The van der Waals surface area contributed by atoms with E-state index in [0.29, 0.717) is 6.42 Å². The van der Waals surface area contributed by atoms with Crippen molar-refractivity contribution in [3.63, 3.8) is 0 Å². The number of benzene rings is 1. The number of hydrogen-bond donors (Lipinski definition) is 2. The molecule has 0 bridgehead atoms. The van der Waals surface area contributed by atoms with Crippen molar-refractivity contribution in [3.05, 3.63) is 35.4 Å². The van der Waals surface area contributed by atoms with Crippen molar-refractivity contribution in [2.24, 2.45) is 0 Å². The van der Waals surface area contributed by atoms with E-state index in [1.165, 1.54) is 0 Å². The van der Waals surface area contributed by atoms with Gasteiger partial charge in [-0.1, -0.05) is 50.5 Å². The van der Waals surface area contributed by atoms with Gasteiger partial charge in [-0.3, -0.25) is 14.5 Å². The van der Waals surface area contributed by atoms with Crippen molar-refractivity contribution < 1.29 is 14.4 Å². The van der Waals surface area contributed by atoms with Crippen LogP contribution in [0.1, 0.15) is 57.1 Å². The second-order valence-corrected chi connectivity index (χ2v) is 7.35. The summed E-state index contributed by atoms with van der Waals surface area (Å²) >= 11 is 0. The first-order valence-corrected chi connectivity index (χ1v) is 9.50. The zero-order valence-corrected chi connectivity index (χ0v) is 15.5. The van der Waals surface area contributed by atoms with Gasteiger partial charge in [-0.05, 0) is 37.3 Å². The maximum Gasteiger partial charge on any atom is 0.325 e. The van der Waals surface area contributed by atoms with Crippen molar-refractivity contribution in [2.45, 2.75) is 64.0 Å². The summed E-state index contributed by atoms with van der Waals surface area (Å²) < 4.78 is 0. The molecule has 1 saturated heterocycles. The third-order valence-electron chi connectivity index (χ3n) is 5.37. The van der Waals surface area contributed by atoms with Crippen LogP contribution in [0.25, 0.3) is 0 Å². The molecule has 2 atom stereocenters. The molecule has 0 unspecified atom stereocenters. The van der Waals surface area contributed by atoms with Crippen LogP contribution < -0.4 is 10.6 Å². The van der Waals surface area contributed by atoms with Crippen molar-refractivity contribution in [2.75, 3.05) is 6.54 Å². The highest BCUT2D eigenvalue weighted by Crippen LogP contribution is 2.41. The molecule has 2 aliphatic rings. The molecule has 6 heteroatoms. The van der Waals surface area contributed by atoms with Crippen molar-refractivity contribution in [1.82, 2.24) is 15.5 Å². The summed E-state index contributed by atoms with van der Waals surface area (Å²) in [5.41, 5.74) is 0.937. The Morgan fingerprint density at radius 2 is 2.08 bits per heavy atom. The number of hydrogen-bond acceptors (Lipinski definition) is 3. The minimum atomic E-state index is -0.999. The van der Waals surface area contributed by atoms with Gasteiger partial charge in [0, 0.05) is 6.04 Å². The van der Waals surface area contributed by atoms with Crippen molar-refractivity contribution in [1.29, 1.82) is 0 Å². The average Bonchev–Trinajstić information content (AvgIpc) is 3.09. The number of nitrogens with zero attached hydrogens (tertiary/aromatic N) is 1. The standard InChI is InChI=1S/C20H27N3O3/c1-3-4-5-8-14(2)21-17(24)13-23-18(25)20(22-19(23)26)12-11-15-9-6-7-10-16(15)20/h6-7,9-10,14H,3-5,8,11-13H2,1-2H3,(H,21,24)(H,22,26)/t14-,20+/m1/s1. The Balaban J connectivity index is 1.64. The normalized spacial score (nSPS) is 22.5. The number of fused-ring (bicyclic) bond motifs is 2. The number of amides is 4. The summed E-state index contributed by atoms with van der Waals surface area (Å²) in [5.74, 6) is -0.609. The second-order valence-electron chi connectivity index (χ2n) is 7.35.